The first-order chi connectivity index (χ1) is 15.3. The van der Waals surface area contributed by atoms with Gasteiger partial charge in [0, 0.05) is 29.8 Å². The van der Waals surface area contributed by atoms with Crippen molar-refractivity contribution in [3.8, 4) is 0 Å². The van der Waals surface area contributed by atoms with Crippen molar-refractivity contribution in [2.45, 2.75) is 58.3 Å². The summed E-state index contributed by atoms with van der Waals surface area (Å²) in [6, 6.07) is 8.63. The molecule has 0 aromatic heterocycles. The van der Waals surface area contributed by atoms with Crippen molar-refractivity contribution < 1.29 is 14.5 Å². The van der Waals surface area contributed by atoms with E-state index in [4.69, 9.17) is 23.2 Å². The third-order valence-corrected chi connectivity index (χ3v) is 5.51. The van der Waals surface area contributed by atoms with Gasteiger partial charge in [0.1, 0.15) is 0 Å². The van der Waals surface area contributed by atoms with Crippen LogP contribution in [-0.4, -0.2) is 16.7 Å². The fourth-order valence-corrected chi connectivity index (χ4v) is 3.71. The number of hydrogen-bond acceptors (Lipinski definition) is 4. The summed E-state index contributed by atoms with van der Waals surface area (Å²) in [5.74, 6) is -0.538. The van der Waals surface area contributed by atoms with Gasteiger partial charge in [-0.25, -0.2) is 0 Å². The van der Waals surface area contributed by atoms with Gasteiger partial charge in [0.25, 0.3) is 11.6 Å². The number of anilines is 2. The zero-order valence-electron chi connectivity index (χ0n) is 18.0. The highest BCUT2D eigenvalue weighted by Gasteiger charge is 2.17. The normalized spacial score (nSPS) is 10.6. The molecule has 7 nitrogen and oxygen atoms in total. The summed E-state index contributed by atoms with van der Waals surface area (Å²) in [5, 5.41) is 16.2. The van der Waals surface area contributed by atoms with E-state index in [1.807, 2.05) is 0 Å². The minimum Gasteiger partial charge on any atom is -0.326 e. The van der Waals surface area contributed by atoms with Crippen LogP contribution in [0.1, 0.15) is 68.6 Å². The van der Waals surface area contributed by atoms with Crippen molar-refractivity contribution >= 4 is 52.1 Å². The summed E-state index contributed by atoms with van der Waals surface area (Å²) in [4.78, 5) is 34.8. The molecule has 0 fully saturated rings. The average Bonchev–Trinajstić information content (AvgIpc) is 2.75. The molecule has 32 heavy (non-hydrogen) atoms. The number of nitro benzene ring substituents is 1. The van der Waals surface area contributed by atoms with Crippen LogP contribution in [0.25, 0.3) is 0 Å². The number of non-ortho nitro benzene ring substituents is 1. The Kier molecular flexibility index (Phi) is 10.4. The third-order valence-electron chi connectivity index (χ3n) is 4.91. The average molecular weight is 480 g/mol. The monoisotopic (exact) mass is 479 g/mol. The van der Waals surface area contributed by atoms with E-state index in [-0.39, 0.29) is 27.3 Å². The highest BCUT2D eigenvalue weighted by atomic mass is 35.5. The topological polar surface area (TPSA) is 101 Å². The molecule has 2 rings (SSSR count). The van der Waals surface area contributed by atoms with E-state index in [9.17, 15) is 19.7 Å². The van der Waals surface area contributed by atoms with Crippen LogP contribution in [-0.2, 0) is 4.79 Å². The van der Waals surface area contributed by atoms with Gasteiger partial charge in [0.05, 0.1) is 20.7 Å². The molecule has 2 N–H and O–H groups in total. The Morgan fingerprint density at radius 2 is 1.47 bits per heavy atom. The summed E-state index contributed by atoms with van der Waals surface area (Å²) in [5.41, 5.74) is 0.743. The van der Waals surface area contributed by atoms with Gasteiger partial charge in [-0.05, 0) is 30.7 Å². The number of amides is 2. The Morgan fingerprint density at radius 3 is 2.03 bits per heavy atom. The summed E-state index contributed by atoms with van der Waals surface area (Å²) in [6.07, 6.45) is 8.48. The fraction of sp³-hybridized carbons (Fsp3) is 0.391. The number of carbonyl (C=O) groups is 2. The molecule has 0 aliphatic rings. The molecule has 0 unspecified atom stereocenters. The lowest BCUT2D eigenvalue weighted by Gasteiger charge is -2.10. The van der Waals surface area contributed by atoms with Crippen LogP contribution in [0.2, 0.25) is 10.0 Å². The molecule has 172 valence electrons. The molecule has 2 amide bonds. The lowest BCUT2D eigenvalue weighted by atomic mass is 10.1. The molecular weight excluding hydrogens is 453 g/mol. The summed E-state index contributed by atoms with van der Waals surface area (Å²) in [6.45, 7) is 2.19. The Hall–Kier alpha value is -2.64. The molecule has 0 aliphatic carbocycles. The Balaban J connectivity index is 1.85. The van der Waals surface area contributed by atoms with E-state index in [0.29, 0.717) is 17.7 Å². The van der Waals surface area contributed by atoms with Crippen LogP contribution in [0.4, 0.5) is 17.1 Å². The summed E-state index contributed by atoms with van der Waals surface area (Å²) in [7, 11) is 0. The van der Waals surface area contributed by atoms with E-state index in [2.05, 4.69) is 17.6 Å². The SMILES string of the molecule is CCCCCCCCCC(=O)Nc1ccc(C(=O)Nc2c(Cl)cc([N+](=O)[O-])cc2Cl)cc1. The molecule has 0 radical (unpaired) electrons. The zero-order chi connectivity index (χ0) is 23.5. The van der Waals surface area contributed by atoms with E-state index < -0.39 is 10.8 Å². The van der Waals surface area contributed by atoms with Crippen molar-refractivity contribution in [3.63, 3.8) is 0 Å². The number of nitrogens with zero attached hydrogens (tertiary/aromatic N) is 1. The predicted molar refractivity (Wildman–Crippen MR) is 129 cm³/mol. The maximum atomic E-state index is 12.5. The van der Waals surface area contributed by atoms with E-state index in [1.165, 1.54) is 25.7 Å². The van der Waals surface area contributed by atoms with Crippen LogP contribution >= 0.6 is 23.2 Å². The third kappa shape index (κ3) is 8.13. The van der Waals surface area contributed by atoms with Gasteiger partial charge in [-0.15, -0.1) is 0 Å². The van der Waals surface area contributed by atoms with Crippen molar-refractivity contribution in [2.24, 2.45) is 0 Å². The first kappa shape index (κ1) is 25.6. The fourth-order valence-electron chi connectivity index (χ4n) is 3.14. The van der Waals surface area contributed by atoms with E-state index >= 15 is 0 Å². The number of nitrogens with one attached hydrogen (secondary N) is 2. The Morgan fingerprint density at radius 1 is 0.906 bits per heavy atom. The quantitative estimate of drug-likeness (QED) is 0.190. The van der Waals surface area contributed by atoms with Crippen molar-refractivity contribution in [1.29, 1.82) is 0 Å². The van der Waals surface area contributed by atoms with Crippen LogP contribution in [0.5, 0.6) is 0 Å². The minimum absolute atomic E-state index is 0.0354. The molecule has 0 aliphatic heterocycles. The Bertz CT molecular complexity index is 926. The molecule has 0 saturated carbocycles. The number of unbranched alkanes of at least 4 members (excludes halogenated alkanes) is 6. The van der Waals surface area contributed by atoms with Crippen molar-refractivity contribution in [3.05, 3.63) is 62.1 Å². The predicted octanol–water partition coefficient (Wildman–Crippen LogP) is 7.23. The number of carbonyl (C=O) groups excluding carboxylic acids is 2. The highest BCUT2D eigenvalue weighted by Crippen LogP contribution is 2.35. The van der Waals surface area contributed by atoms with Gasteiger partial charge in [0.15, 0.2) is 0 Å². The number of hydrogen-bond donors (Lipinski definition) is 2. The van der Waals surface area contributed by atoms with Crippen LogP contribution < -0.4 is 10.6 Å². The van der Waals surface area contributed by atoms with Crippen LogP contribution in [0.15, 0.2) is 36.4 Å². The lowest BCUT2D eigenvalue weighted by molar-refractivity contribution is -0.384. The molecule has 0 saturated heterocycles. The molecule has 0 atom stereocenters. The number of nitro groups is 1. The summed E-state index contributed by atoms with van der Waals surface area (Å²) >= 11 is 12.1. The number of halogens is 2. The maximum Gasteiger partial charge on any atom is 0.272 e. The van der Waals surface area contributed by atoms with Crippen LogP contribution in [0.3, 0.4) is 0 Å². The van der Waals surface area contributed by atoms with Crippen LogP contribution in [0, 0.1) is 10.1 Å². The van der Waals surface area contributed by atoms with Crippen molar-refractivity contribution in [2.75, 3.05) is 10.6 Å². The molecular formula is C23H27Cl2N3O4. The smallest absolute Gasteiger partial charge is 0.272 e. The first-order valence-electron chi connectivity index (χ1n) is 10.7. The Labute approximate surface area is 197 Å². The molecule has 0 heterocycles. The standard InChI is InChI=1S/C23H27Cl2N3O4/c1-2-3-4-5-6-7-8-9-21(29)26-17-12-10-16(11-13-17)23(30)27-22-19(24)14-18(28(31)32)15-20(22)25/h10-15H,2-9H2,1H3,(H,26,29)(H,27,30). The largest absolute Gasteiger partial charge is 0.326 e. The maximum absolute atomic E-state index is 12.5. The second kappa shape index (κ2) is 13.0. The molecule has 0 spiro atoms. The van der Waals surface area contributed by atoms with Gasteiger partial charge in [-0.1, -0.05) is 68.7 Å². The summed E-state index contributed by atoms with van der Waals surface area (Å²) < 4.78 is 0. The minimum atomic E-state index is -0.621. The first-order valence-corrected chi connectivity index (χ1v) is 11.4. The van der Waals surface area contributed by atoms with E-state index in [0.717, 1.165) is 31.4 Å². The van der Waals surface area contributed by atoms with Gasteiger partial charge < -0.3 is 10.6 Å². The van der Waals surface area contributed by atoms with Gasteiger partial charge in [-0.3, -0.25) is 19.7 Å². The molecule has 2 aromatic rings. The molecule has 9 heteroatoms. The number of rotatable bonds is 12. The zero-order valence-corrected chi connectivity index (χ0v) is 19.5. The van der Waals surface area contributed by atoms with E-state index in [1.54, 1.807) is 24.3 Å². The lowest BCUT2D eigenvalue weighted by Crippen LogP contribution is -2.14. The number of benzene rings is 2. The van der Waals surface area contributed by atoms with Gasteiger partial charge in [0.2, 0.25) is 5.91 Å². The second-order valence-electron chi connectivity index (χ2n) is 7.49. The molecule has 2 aromatic carbocycles. The van der Waals surface area contributed by atoms with Gasteiger partial charge in [-0.2, -0.15) is 0 Å². The second-order valence-corrected chi connectivity index (χ2v) is 8.31. The van der Waals surface area contributed by atoms with Gasteiger partial charge >= 0.3 is 0 Å². The molecule has 0 bridgehead atoms. The highest BCUT2D eigenvalue weighted by molar-refractivity contribution is 6.40. The van der Waals surface area contributed by atoms with Crippen molar-refractivity contribution in [1.82, 2.24) is 0 Å².